The Bertz CT molecular complexity index is 798. The molecule has 0 unspecified atom stereocenters. The number of hydrogen-bond acceptors (Lipinski definition) is 1. The minimum atomic E-state index is 0.343. The summed E-state index contributed by atoms with van der Waals surface area (Å²) in [5.74, 6) is 0.343. The predicted octanol–water partition coefficient (Wildman–Crippen LogP) is 4.55. The molecular weight excluding hydrogens is 357 g/mol. The second-order valence-corrected chi connectivity index (χ2v) is 8.01. The number of benzene rings is 1. The fourth-order valence-electron chi connectivity index (χ4n) is 3.11. The molecule has 0 N–H and O–H groups in total. The summed E-state index contributed by atoms with van der Waals surface area (Å²) in [6.45, 7) is 0. The zero-order chi connectivity index (χ0) is 15.6. The number of nitrogens with zero attached hydrogens (tertiary/aromatic N) is 1. The molecule has 2 heteroatoms. The average Bonchev–Trinajstić information content (AvgIpc) is 3.20. The topological polar surface area (TPSA) is 12.9 Å². The van der Waals surface area contributed by atoms with Crippen molar-refractivity contribution in [3.8, 4) is 11.1 Å². The van der Waals surface area contributed by atoms with Crippen molar-refractivity contribution in [1.29, 1.82) is 0 Å². The number of aromatic nitrogens is 1. The predicted molar refractivity (Wildman–Crippen MR) is 91.2 cm³/mol. The summed E-state index contributed by atoms with van der Waals surface area (Å²) in [6, 6.07) is 10.8. The minimum Gasteiger partial charge on any atom is -0.390 e. The quantitative estimate of drug-likeness (QED) is 0.569. The first-order valence-corrected chi connectivity index (χ1v) is 9.45. The summed E-state index contributed by atoms with van der Waals surface area (Å²) in [4.78, 5) is 4.53. The maximum Gasteiger partial charge on any atom is -0.000753 e. The number of fused-ring (bicyclic) bond motifs is 3. The SMILES string of the molecule is [Zr]=[C]1CCC1.[c-]1nc2c(cc1C1C=CC=C1)-c1ccccc1C2. The molecular formula is C21H18NZr-. The Morgan fingerprint density at radius 2 is 1.78 bits per heavy atom. The molecule has 0 atom stereocenters. The van der Waals surface area contributed by atoms with E-state index in [9.17, 15) is 0 Å². The molecule has 0 saturated heterocycles. The van der Waals surface area contributed by atoms with Gasteiger partial charge in [-0.25, -0.2) is 0 Å². The molecule has 3 aliphatic rings. The number of hydrogen-bond donors (Lipinski definition) is 0. The standard InChI is InChI=1S/C17H12N.C4H6.Zr/c1-2-6-12(5-1)14-9-16-15-8-4-3-7-13(15)10-17(16)18-11-14;1-2-4-3-1;/h1-9,12H,10H2;1-3H2;/q-1;;. The van der Waals surface area contributed by atoms with Crippen LogP contribution in [0.3, 0.4) is 0 Å². The van der Waals surface area contributed by atoms with Crippen LogP contribution in [0.5, 0.6) is 0 Å². The molecule has 0 aliphatic heterocycles. The van der Waals surface area contributed by atoms with Crippen LogP contribution in [0.1, 0.15) is 42.0 Å². The van der Waals surface area contributed by atoms with Crippen LogP contribution >= 0.6 is 0 Å². The number of rotatable bonds is 1. The van der Waals surface area contributed by atoms with E-state index in [1.165, 1.54) is 36.0 Å². The normalized spacial score (nSPS) is 17.3. The third-order valence-corrected chi connectivity index (χ3v) is 5.89. The fourth-order valence-corrected chi connectivity index (χ4v) is 3.98. The summed E-state index contributed by atoms with van der Waals surface area (Å²) in [6.07, 6.45) is 17.0. The monoisotopic (exact) mass is 374 g/mol. The molecule has 1 aromatic carbocycles. The van der Waals surface area contributed by atoms with Crippen molar-refractivity contribution >= 4 is 3.21 Å². The van der Waals surface area contributed by atoms with E-state index in [0.29, 0.717) is 5.92 Å². The van der Waals surface area contributed by atoms with Gasteiger partial charge in [0.05, 0.1) is 0 Å². The molecule has 0 bridgehead atoms. The number of allylic oxidation sites excluding steroid dienone is 4. The summed E-state index contributed by atoms with van der Waals surface area (Å²) in [7, 11) is 0. The third-order valence-electron chi connectivity index (χ3n) is 4.66. The van der Waals surface area contributed by atoms with E-state index in [1.54, 1.807) is 27.4 Å². The van der Waals surface area contributed by atoms with Gasteiger partial charge in [-0.3, -0.25) is 0 Å². The second kappa shape index (κ2) is 6.61. The van der Waals surface area contributed by atoms with Crippen molar-refractivity contribution in [3.63, 3.8) is 0 Å². The van der Waals surface area contributed by atoms with Crippen molar-refractivity contribution < 1.29 is 24.2 Å². The minimum absolute atomic E-state index is 0.343. The molecule has 5 rings (SSSR count). The van der Waals surface area contributed by atoms with Crippen LogP contribution in [-0.4, -0.2) is 8.19 Å². The molecule has 23 heavy (non-hydrogen) atoms. The third kappa shape index (κ3) is 3.15. The van der Waals surface area contributed by atoms with Gasteiger partial charge in [0, 0.05) is 0 Å². The molecule has 1 aromatic heterocycles. The van der Waals surface area contributed by atoms with Gasteiger partial charge in [-0.15, -0.1) is 11.1 Å². The molecule has 3 aliphatic carbocycles. The molecule has 112 valence electrons. The van der Waals surface area contributed by atoms with Gasteiger partial charge in [0.25, 0.3) is 0 Å². The molecule has 1 fully saturated rings. The van der Waals surface area contributed by atoms with Crippen LogP contribution in [-0.2, 0) is 30.7 Å². The van der Waals surface area contributed by atoms with Crippen molar-refractivity contribution in [1.82, 2.24) is 4.98 Å². The van der Waals surface area contributed by atoms with Gasteiger partial charge in [-0.2, -0.15) is 6.07 Å². The zero-order valence-corrected chi connectivity index (χ0v) is 15.5. The fraction of sp³-hybridized carbons (Fsp3) is 0.238. The van der Waals surface area contributed by atoms with E-state index >= 15 is 0 Å². The Morgan fingerprint density at radius 1 is 1.04 bits per heavy atom. The van der Waals surface area contributed by atoms with E-state index in [1.807, 2.05) is 0 Å². The van der Waals surface area contributed by atoms with E-state index in [0.717, 1.165) is 17.7 Å². The summed E-state index contributed by atoms with van der Waals surface area (Å²) >= 11 is 1.67. The second-order valence-electron chi connectivity index (χ2n) is 6.27. The van der Waals surface area contributed by atoms with Gasteiger partial charge < -0.3 is 4.98 Å². The van der Waals surface area contributed by atoms with Crippen LogP contribution in [0.2, 0.25) is 0 Å². The van der Waals surface area contributed by atoms with Gasteiger partial charge in [-0.05, 0) is 23.5 Å². The van der Waals surface area contributed by atoms with Crippen molar-refractivity contribution in [3.05, 3.63) is 77.7 Å². The van der Waals surface area contributed by atoms with Crippen LogP contribution < -0.4 is 0 Å². The largest absolute Gasteiger partial charge is 0.390 e. The van der Waals surface area contributed by atoms with Crippen molar-refractivity contribution in [2.75, 3.05) is 0 Å². The average molecular weight is 376 g/mol. The van der Waals surface area contributed by atoms with Crippen LogP contribution in [0, 0.1) is 6.20 Å². The van der Waals surface area contributed by atoms with Gasteiger partial charge >= 0.3 is 46.7 Å². The van der Waals surface area contributed by atoms with Gasteiger partial charge in [0.2, 0.25) is 0 Å². The molecule has 0 radical (unpaired) electrons. The Morgan fingerprint density at radius 3 is 2.48 bits per heavy atom. The Labute approximate surface area is 152 Å². The van der Waals surface area contributed by atoms with Gasteiger partial charge in [0.15, 0.2) is 0 Å². The zero-order valence-electron chi connectivity index (χ0n) is 13.0. The van der Waals surface area contributed by atoms with Crippen LogP contribution in [0.15, 0.2) is 54.6 Å². The molecule has 1 nitrogen and oxygen atoms in total. The van der Waals surface area contributed by atoms with Gasteiger partial charge in [0.1, 0.15) is 0 Å². The first-order valence-electron chi connectivity index (χ1n) is 8.22. The molecule has 1 heterocycles. The summed E-state index contributed by atoms with van der Waals surface area (Å²) in [5.41, 5.74) is 6.32. The maximum absolute atomic E-state index is 4.53. The summed E-state index contributed by atoms with van der Waals surface area (Å²) < 4.78 is 1.78. The summed E-state index contributed by atoms with van der Waals surface area (Å²) in [5, 5.41) is 0. The van der Waals surface area contributed by atoms with Crippen LogP contribution in [0.25, 0.3) is 11.1 Å². The Balaban J connectivity index is 0.000000233. The molecule has 2 aromatic rings. The Hall–Kier alpha value is -1.40. The first kappa shape index (κ1) is 15.1. The Kier molecular flexibility index (Phi) is 4.36. The van der Waals surface area contributed by atoms with Crippen molar-refractivity contribution in [2.45, 2.75) is 31.6 Å². The van der Waals surface area contributed by atoms with E-state index < -0.39 is 0 Å². The number of pyridine rings is 1. The van der Waals surface area contributed by atoms with E-state index in [-0.39, 0.29) is 0 Å². The van der Waals surface area contributed by atoms with Gasteiger partial charge in [-0.1, -0.05) is 60.5 Å². The van der Waals surface area contributed by atoms with Crippen molar-refractivity contribution in [2.24, 2.45) is 0 Å². The smallest absolute Gasteiger partial charge is 0.000753 e. The van der Waals surface area contributed by atoms with E-state index in [4.69, 9.17) is 0 Å². The first-order chi connectivity index (χ1) is 11.3. The molecule has 1 saturated carbocycles. The van der Waals surface area contributed by atoms with E-state index in [2.05, 4.69) is 65.8 Å². The molecule has 0 spiro atoms. The maximum atomic E-state index is 4.53. The van der Waals surface area contributed by atoms with Crippen LogP contribution in [0.4, 0.5) is 0 Å². The molecule has 0 amide bonds.